The third kappa shape index (κ3) is 3.27. The number of nitrogens with zero attached hydrogens (tertiary/aromatic N) is 3. The van der Waals surface area contributed by atoms with Crippen LogP contribution in [0, 0.1) is 5.92 Å². The highest BCUT2D eigenvalue weighted by Crippen LogP contribution is 2.31. The summed E-state index contributed by atoms with van der Waals surface area (Å²) in [5.41, 5.74) is 1.10. The Morgan fingerprint density at radius 1 is 1.32 bits per heavy atom. The summed E-state index contributed by atoms with van der Waals surface area (Å²) in [5.74, 6) is 0.663. The molecule has 1 aliphatic carbocycles. The molecule has 0 spiro atoms. The van der Waals surface area contributed by atoms with Crippen LogP contribution < -0.4 is 5.32 Å². The minimum absolute atomic E-state index is 0.0973. The molecule has 4 rings (SSSR count). The molecule has 0 bridgehead atoms. The summed E-state index contributed by atoms with van der Waals surface area (Å²) in [6, 6.07) is 8.51. The SMILES string of the molecule is C[C@H](Sc1nnc2sc3ccccc3n12)C(=O)N[C@@H]1CCCC[C@H]1C. The number of thiazole rings is 1. The van der Waals surface area contributed by atoms with E-state index in [0.717, 1.165) is 22.1 Å². The monoisotopic (exact) mass is 374 g/mol. The number of thioether (sulfide) groups is 1. The van der Waals surface area contributed by atoms with Crippen molar-refractivity contribution in [1.82, 2.24) is 19.9 Å². The molecule has 2 aromatic heterocycles. The molecule has 3 aromatic rings. The normalized spacial score (nSPS) is 22.3. The molecule has 0 saturated heterocycles. The molecule has 1 aromatic carbocycles. The Kier molecular flexibility index (Phi) is 4.69. The van der Waals surface area contributed by atoms with Gasteiger partial charge in [0, 0.05) is 6.04 Å². The third-order valence-electron chi connectivity index (χ3n) is 5.00. The van der Waals surface area contributed by atoms with E-state index in [1.54, 1.807) is 11.3 Å². The number of carbonyl (C=O) groups excluding carboxylic acids is 1. The van der Waals surface area contributed by atoms with Crippen LogP contribution in [0.3, 0.4) is 0 Å². The molecule has 0 aliphatic heterocycles. The molecular formula is C18H22N4OS2. The number of rotatable bonds is 4. The van der Waals surface area contributed by atoms with Crippen molar-refractivity contribution in [2.75, 3.05) is 0 Å². The van der Waals surface area contributed by atoms with Crippen molar-refractivity contribution in [3.8, 4) is 0 Å². The van der Waals surface area contributed by atoms with E-state index >= 15 is 0 Å². The fourth-order valence-electron chi connectivity index (χ4n) is 3.47. The Hall–Kier alpha value is -1.60. The summed E-state index contributed by atoms with van der Waals surface area (Å²) in [6.07, 6.45) is 4.79. The number of amides is 1. The van der Waals surface area contributed by atoms with Crippen molar-refractivity contribution in [3.63, 3.8) is 0 Å². The molecule has 1 saturated carbocycles. The van der Waals surface area contributed by atoms with Gasteiger partial charge in [-0.05, 0) is 37.8 Å². The summed E-state index contributed by atoms with van der Waals surface area (Å²) in [5, 5.41) is 12.4. The summed E-state index contributed by atoms with van der Waals surface area (Å²) in [4.78, 5) is 13.5. The highest BCUT2D eigenvalue weighted by Gasteiger charge is 2.26. The van der Waals surface area contributed by atoms with E-state index in [4.69, 9.17) is 0 Å². The maximum Gasteiger partial charge on any atom is 0.233 e. The van der Waals surface area contributed by atoms with Crippen LogP contribution in [0.2, 0.25) is 0 Å². The average molecular weight is 375 g/mol. The van der Waals surface area contributed by atoms with Crippen molar-refractivity contribution in [1.29, 1.82) is 0 Å². The molecular weight excluding hydrogens is 352 g/mol. The van der Waals surface area contributed by atoms with E-state index in [0.29, 0.717) is 12.0 Å². The Morgan fingerprint density at radius 2 is 2.12 bits per heavy atom. The van der Waals surface area contributed by atoms with Gasteiger partial charge in [0.1, 0.15) is 0 Å². The van der Waals surface area contributed by atoms with E-state index in [9.17, 15) is 4.79 Å². The van der Waals surface area contributed by atoms with Gasteiger partial charge in [-0.3, -0.25) is 9.20 Å². The molecule has 1 aliphatic rings. The standard InChI is InChI=1S/C18H22N4OS2/c1-11-7-3-4-8-13(11)19-16(23)12(2)24-17-20-21-18-22(17)14-9-5-6-10-15(14)25-18/h5-6,9-13H,3-4,7-8H2,1-2H3,(H,19,23)/t11-,12+,13-/m1/s1. The van der Waals surface area contributed by atoms with E-state index in [1.807, 2.05) is 19.1 Å². The van der Waals surface area contributed by atoms with Gasteiger partial charge in [0.25, 0.3) is 0 Å². The number of benzene rings is 1. The smallest absolute Gasteiger partial charge is 0.233 e. The summed E-state index contributed by atoms with van der Waals surface area (Å²) in [7, 11) is 0. The van der Waals surface area contributed by atoms with Crippen molar-refractivity contribution < 1.29 is 4.79 Å². The van der Waals surface area contributed by atoms with E-state index < -0.39 is 0 Å². The van der Waals surface area contributed by atoms with Crippen molar-refractivity contribution >= 4 is 44.2 Å². The quantitative estimate of drug-likeness (QED) is 0.698. The molecule has 132 valence electrons. The Labute approximate surface area is 155 Å². The number of nitrogens with one attached hydrogen (secondary N) is 1. The van der Waals surface area contributed by atoms with Gasteiger partial charge < -0.3 is 5.32 Å². The molecule has 2 heterocycles. The van der Waals surface area contributed by atoms with Gasteiger partial charge in [0.05, 0.1) is 15.5 Å². The average Bonchev–Trinajstić information content (AvgIpc) is 3.16. The first kappa shape index (κ1) is 16.8. The second-order valence-corrected chi connectivity index (χ2v) is 9.12. The van der Waals surface area contributed by atoms with Gasteiger partial charge in [0.15, 0.2) is 5.16 Å². The zero-order valence-electron chi connectivity index (χ0n) is 14.4. The molecule has 1 amide bonds. The molecule has 1 N–H and O–H groups in total. The lowest BCUT2D eigenvalue weighted by Crippen LogP contribution is -2.44. The lowest BCUT2D eigenvalue weighted by molar-refractivity contribution is -0.121. The van der Waals surface area contributed by atoms with E-state index in [-0.39, 0.29) is 11.2 Å². The van der Waals surface area contributed by atoms with Crippen LogP contribution in [0.1, 0.15) is 39.5 Å². The van der Waals surface area contributed by atoms with Crippen LogP contribution in [0.4, 0.5) is 0 Å². The van der Waals surface area contributed by atoms with E-state index in [2.05, 4.69) is 39.0 Å². The number of carbonyl (C=O) groups is 1. The lowest BCUT2D eigenvalue weighted by Gasteiger charge is -2.30. The highest BCUT2D eigenvalue weighted by atomic mass is 32.2. The Bertz CT molecular complexity index is 903. The fourth-order valence-corrected chi connectivity index (χ4v) is 5.37. The maximum absolute atomic E-state index is 12.6. The topological polar surface area (TPSA) is 59.3 Å². The second kappa shape index (κ2) is 6.96. The van der Waals surface area contributed by atoms with Crippen molar-refractivity contribution in [2.24, 2.45) is 5.92 Å². The van der Waals surface area contributed by atoms with Crippen LogP contribution in [-0.2, 0) is 4.79 Å². The summed E-state index contributed by atoms with van der Waals surface area (Å²) >= 11 is 3.10. The van der Waals surface area contributed by atoms with Crippen LogP contribution in [0.25, 0.3) is 15.2 Å². The minimum Gasteiger partial charge on any atom is -0.352 e. The maximum atomic E-state index is 12.6. The highest BCUT2D eigenvalue weighted by molar-refractivity contribution is 8.00. The van der Waals surface area contributed by atoms with Gasteiger partial charge in [0.2, 0.25) is 10.9 Å². The van der Waals surface area contributed by atoms with Crippen molar-refractivity contribution in [2.45, 2.75) is 56.0 Å². The summed E-state index contributed by atoms with van der Waals surface area (Å²) < 4.78 is 3.24. The first-order valence-corrected chi connectivity index (χ1v) is 10.5. The minimum atomic E-state index is -0.194. The number of aromatic nitrogens is 3. The van der Waals surface area contributed by atoms with Gasteiger partial charge >= 0.3 is 0 Å². The molecule has 0 radical (unpaired) electrons. The molecule has 0 unspecified atom stereocenters. The van der Waals surface area contributed by atoms with Crippen LogP contribution in [0.15, 0.2) is 29.4 Å². The Morgan fingerprint density at radius 3 is 2.96 bits per heavy atom. The second-order valence-electron chi connectivity index (χ2n) is 6.81. The first-order chi connectivity index (χ1) is 12.1. The number of fused-ring (bicyclic) bond motifs is 3. The third-order valence-corrected chi connectivity index (χ3v) is 7.06. The first-order valence-electron chi connectivity index (χ1n) is 8.83. The lowest BCUT2D eigenvalue weighted by atomic mass is 9.86. The molecule has 1 fully saturated rings. The number of para-hydroxylation sites is 1. The molecule has 7 heteroatoms. The van der Waals surface area contributed by atoms with E-state index in [1.165, 1.54) is 35.7 Å². The predicted octanol–water partition coefficient (Wildman–Crippen LogP) is 4.12. The molecule has 3 atom stereocenters. The Balaban J connectivity index is 1.51. The zero-order valence-corrected chi connectivity index (χ0v) is 16.1. The fraction of sp³-hybridized carbons (Fsp3) is 0.500. The largest absolute Gasteiger partial charge is 0.352 e. The molecule has 5 nitrogen and oxygen atoms in total. The molecule has 25 heavy (non-hydrogen) atoms. The summed E-state index contributed by atoms with van der Waals surface area (Å²) in [6.45, 7) is 4.19. The predicted molar refractivity (Wildman–Crippen MR) is 103 cm³/mol. The van der Waals surface area contributed by atoms with Gasteiger partial charge in [-0.2, -0.15) is 0 Å². The number of hydrogen-bond acceptors (Lipinski definition) is 5. The zero-order chi connectivity index (χ0) is 17.4. The number of hydrogen-bond donors (Lipinski definition) is 1. The van der Waals surface area contributed by atoms with Crippen molar-refractivity contribution in [3.05, 3.63) is 24.3 Å². The van der Waals surface area contributed by atoms with Gasteiger partial charge in [-0.25, -0.2) is 0 Å². The van der Waals surface area contributed by atoms with Gasteiger partial charge in [-0.1, -0.05) is 55.0 Å². The van der Waals surface area contributed by atoms with Crippen LogP contribution in [0.5, 0.6) is 0 Å². The van der Waals surface area contributed by atoms with Crippen LogP contribution in [-0.4, -0.2) is 31.8 Å². The van der Waals surface area contributed by atoms with Crippen LogP contribution >= 0.6 is 23.1 Å². The van der Waals surface area contributed by atoms with Gasteiger partial charge in [-0.15, -0.1) is 10.2 Å².